The number of methoxy groups -OCH3 is 1. The number of aliphatic hydroxyl groups is 1. The first kappa shape index (κ1) is 30.4. The molecule has 2 heterocycles. The van der Waals surface area contributed by atoms with Gasteiger partial charge in [0.2, 0.25) is 11.8 Å². The molecular weight excluding hydrogens is 528 g/mol. The summed E-state index contributed by atoms with van der Waals surface area (Å²) in [5, 5.41) is 18.1. The number of nitrogens with one attached hydrogen (secondary N) is 2. The number of fused-ring (bicyclic) bond motifs is 1. The minimum atomic E-state index is -1.40. The van der Waals surface area contributed by atoms with Gasteiger partial charge >= 0.3 is 6.09 Å². The number of amides is 3. The van der Waals surface area contributed by atoms with E-state index in [2.05, 4.69) is 15.6 Å². The van der Waals surface area contributed by atoms with E-state index in [1.54, 1.807) is 34.1 Å². The van der Waals surface area contributed by atoms with E-state index in [-0.39, 0.29) is 19.0 Å². The third kappa shape index (κ3) is 8.00. The van der Waals surface area contributed by atoms with Gasteiger partial charge in [0.15, 0.2) is 6.10 Å². The number of pyridine rings is 1. The van der Waals surface area contributed by atoms with E-state index in [0.29, 0.717) is 24.5 Å². The Morgan fingerprint density at radius 3 is 2.61 bits per heavy atom. The molecule has 2 unspecified atom stereocenters. The van der Waals surface area contributed by atoms with Crippen molar-refractivity contribution in [2.45, 2.75) is 102 Å². The van der Waals surface area contributed by atoms with Crippen LogP contribution in [-0.2, 0) is 14.3 Å². The fourth-order valence-electron chi connectivity index (χ4n) is 4.87. The number of ether oxygens (including phenoxy) is 3. The number of carbonyl (C=O) groups is 3. The Balaban J connectivity index is 1.53. The fourth-order valence-corrected chi connectivity index (χ4v) is 4.87. The number of likely N-dealkylation sites (tertiary alicyclic amines) is 1. The van der Waals surface area contributed by atoms with E-state index in [9.17, 15) is 19.5 Å². The molecule has 1 aliphatic heterocycles. The maximum Gasteiger partial charge on any atom is 0.411 e. The predicted octanol–water partition coefficient (Wildman–Crippen LogP) is 3.31. The summed E-state index contributed by atoms with van der Waals surface area (Å²) >= 11 is 0. The number of benzene rings is 1. The van der Waals surface area contributed by atoms with E-state index < -0.39 is 47.8 Å². The van der Waals surface area contributed by atoms with Crippen LogP contribution in [0, 0.1) is 0 Å². The minimum Gasteiger partial charge on any atom is -0.497 e. The second kappa shape index (κ2) is 12.9. The van der Waals surface area contributed by atoms with Crippen molar-refractivity contribution in [1.29, 1.82) is 0 Å². The summed E-state index contributed by atoms with van der Waals surface area (Å²) in [6, 6.07) is 5.76. The lowest BCUT2D eigenvalue weighted by Gasteiger charge is -2.30. The molecule has 4 rings (SSSR count). The Morgan fingerprint density at radius 1 is 1.20 bits per heavy atom. The van der Waals surface area contributed by atoms with Crippen LogP contribution >= 0.6 is 0 Å². The van der Waals surface area contributed by atoms with Crippen LogP contribution in [0.3, 0.4) is 0 Å². The van der Waals surface area contributed by atoms with Crippen molar-refractivity contribution in [1.82, 2.24) is 20.5 Å². The van der Waals surface area contributed by atoms with Gasteiger partial charge in [0.1, 0.15) is 23.5 Å². The third-order valence-electron chi connectivity index (χ3n) is 7.18. The van der Waals surface area contributed by atoms with Crippen molar-refractivity contribution in [3.8, 4) is 11.6 Å². The number of rotatable bonds is 11. The van der Waals surface area contributed by atoms with Crippen LogP contribution in [0.1, 0.15) is 66.2 Å². The topological polar surface area (TPSA) is 139 Å². The molecule has 3 amide bonds. The summed E-state index contributed by atoms with van der Waals surface area (Å²) in [6.45, 7) is 7.37. The second-order valence-electron chi connectivity index (χ2n) is 11.8. The molecule has 1 aromatic carbocycles. The first-order valence-electron chi connectivity index (χ1n) is 14.4. The van der Waals surface area contributed by atoms with Crippen LogP contribution in [0.4, 0.5) is 4.79 Å². The molecular formula is C30H42N4O7. The quantitative estimate of drug-likeness (QED) is 0.374. The van der Waals surface area contributed by atoms with Crippen molar-refractivity contribution in [2.75, 3.05) is 13.7 Å². The van der Waals surface area contributed by atoms with Crippen LogP contribution in [0.25, 0.3) is 10.8 Å². The van der Waals surface area contributed by atoms with Crippen LogP contribution < -0.4 is 20.1 Å². The number of aliphatic hydroxyl groups excluding tert-OH is 1. The average molecular weight is 571 g/mol. The van der Waals surface area contributed by atoms with Gasteiger partial charge in [-0.3, -0.25) is 14.5 Å². The molecule has 1 saturated carbocycles. The lowest BCUT2D eigenvalue weighted by molar-refractivity contribution is -0.133. The van der Waals surface area contributed by atoms with Gasteiger partial charge in [-0.2, -0.15) is 0 Å². The van der Waals surface area contributed by atoms with E-state index in [4.69, 9.17) is 14.2 Å². The molecule has 1 aromatic heterocycles. The Labute approximate surface area is 240 Å². The summed E-state index contributed by atoms with van der Waals surface area (Å²) in [5.41, 5.74) is -0.770. The number of hydrogen-bond acceptors (Lipinski definition) is 8. The zero-order chi connectivity index (χ0) is 29.7. The van der Waals surface area contributed by atoms with Crippen molar-refractivity contribution < 1.29 is 33.7 Å². The number of hydrogen-bond donors (Lipinski definition) is 3. The summed E-state index contributed by atoms with van der Waals surface area (Å²) in [7, 11) is 1.60. The van der Waals surface area contributed by atoms with Crippen LogP contribution in [0.15, 0.2) is 30.5 Å². The molecule has 224 valence electrons. The summed E-state index contributed by atoms with van der Waals surface area (Å²) in [4.78, 5) is 45.2. The minimum absolute atomic E-state index is 0.0823. The van der Waals surface area contributed by atoms with E-state index in [1.807, 2.05) is 31.2 Å². The first-order chi connectivity index (χ1) is 19.5. The fraction of sp³-hybridized carbons (Fsp3) is 0.600. The molecule has 11 nitrogen and oxygen atoms in total. The zero-order valence-corrected chi connectivity index (χ0v) is 24.5. The lowest BCUT2D eigenvalue weighted by Crippen LogP contribution is -2.55. The lowest BCUT2D eigenvalue weighted by atomic mass is 10.0. The molecule has 11 heteroatoms. The Kier molecular flexibility index (Phi) is 9.57. The normalized spacial score (nSPS) is 20.3. The Bertz CT molecular complexity index is 1240. The molecule has 1 aliphatic carbocycles. The van der Waals surface area contributed by atoms with Crippen molar-refractivity contribution in [3.05, 3.63) is 30.5 Å². The number of nitrogens with zero attached hydrogens (tertiary/aromatic N) is 2. The van der Waals surface area contributed by atoms with Gasteiger partial charge in [0.05, 0.1) is 19.7 Å². The molecule has 4 atom stereocenters. The Hall–Kier alpha value is -3.60. The van der Waals surface area contributed by atoms with E-state index >= 15 is 0 Å². The highest BCUT2D eigenvalue weighted by atomic mass is 16.6. The molecule has 0 spiro atoms. The molecule has 0 bridgehead atoms. The largest absolute Gasteiger partial charge is 0.497 e. The van der Waals surface area contributed by atoms with Gasteiger partial charge in [-0.1, -0.05) is 19.8 Å². The highest BCUT2D eigenvalue weighted by Gasteiger charge is 2.44. The smallest absolute Gasteiger partial charge is 0.411 e. The third-order valence-corrected chi connectivity index (χ3v) is 7.18. The van der Waals surface area contributed by atoms with Gasteiger partial charge in [-0.25, -0.2) is 9.78 Å². The maximum absolute atomic E-state index is 13.7. The van der Waals surface area contributed by atoms with Crippen LogP contribution in [-0.4, -0.2) is 82.5 Å². The van der Waals surface area contributed by atoms with Gasteiger partial charge in [0, 0.05) is 24.0 Å². The standard InChI is InChI=1S/C30H42N4O7/c1-6-7-8-23(25(35)27(37)32-19-9-10-19)33-26(36)24-16-21(17-34(24)29(38)41-30(2,3)4)40-28-22-12-11-20(39-5)15-18(22)13-14-31-28/h11-15,19,21,23-25,35H,6-10,16-17H2,1-5H3,(H,32,37)(H,33,36)/t21-,23+,24?,25?/m1/s1. The van der Waals surface area contributed by atoms with Gasteiger partial charge in [-0.05, 0) is 69.7 Å². The summed E-state index contributed by atoms with van der Waals surface area (Å²) < 4.78 is 17.2. The molecule has 2 fully saturated rings. The zero-order valence-electron chi connectivity index (χ0n) is 24.5. The van der Waals surface area contributed by atoms with Crippen molar-refractivity contribution in [2.24, 2.45) is 0 Å². The van der Waals surface area contributed by atoms with E-state index in [0.717, 1.165) is 30.0 Å². The summed E-state index contributed by atoms with van der Waals surface area (Å²) in [5.74, 6) is 0.114. The van der Waals surface area contributed by atoms with Crippen molar-refractivity contribution in [3.63, 3.8) is 0 Å². The highest BCUT2D eigenvalue weighted by Crippen LogP contribution is 2.31. The number of aromatic nitrogens is 1. The maximum atomic E-state index is 13.7. The van der Waals surface area contributed by atoms with Crippen LogP contribution in [0.2, 0.25) is 0 Å². The molecule has 0 radical (unpaired) electrons. The van der Waals surface area contributed by atoms with Gasteiger partial charge in [0.25, 0.3) is 5.91 Å². The average Bonchev–Trinajstić information content (AvgIpc) is 3.64. The highest BCUT2D eigenvalue weighted by molar-refractivity contribution is 5.89. The Morgan fingerprint density at radius 2 is 1.95 bits per heavy atom. The summed E-state index contributed by atoms with van der Waals surface area (Å²) in [6.07, 6.45) is 2.97. The predicted molar refractivity (Wildman–Crippen MR) is 153 cm³/mol. The SMILES string of the molecule is CCCC[C@H](NC(=O)C1C[C@@H](Oc2nccc3cc(OC)ccc23)CN1C(=O)OC(C)(C)C)C(O)C(=O)NC1CC1. The van der Waals surface area contributed by atoms with Gasteiger partial charge in [-0.15, -0.1) is 0 Å². The van der Waals surface area contributed by atoms with Gasteiger partial charge < -0.3 is 30.0 Å². The molecule has 41 heavy (non-hydrogen) atoms. The number of unbranched alkanes of at least 4 members (excludes halogenated alkanes) is 1. The van der Waals surface area contributed by atoms with Crippen molar-refractivity contribution >= 4 is 28.7 Å². The second-order valence-corrected chi connectivity index (χ2v) is 11.8. The molecule has 3 N–H and O–H groups in total. The van der Waals surface area contributed by atoms with Crippen LogP contribution in [0.5, 0.6) is 11.6 Å². The monoisotopic (exact) mass is 570 g/mol. The molecule has 1 saturated heterocycles. The first-order valence-corrected chi connectivity index (χ1v) is 14.4. The van der Waals surface area contributed by atoms with E-state index in [1.165, 1.54) is 4.90 Å². The molecule has 2 aliphatic rings. The number of carbonyl (C=O) groups excluding carboxylic acids is 3. The molecule has 2 aromatic rings.